The fraction of sp³-hybridized carbons (Fsp3) is 0.278. The van der Waals surface area contributed by atoms with E-state index in [1.165, 1.54) is 10.6 Å². The molecule has 0 amide bonds. The normalized spacial score (nSPS) is 12.6. The number of aromatic nitrogens is 2. The third kappa shape index (κ3) is 4.26. The summed E-state index contributed by atoms with van der Waals surface area (Å²) in [5, 5.41) is 0. The minimum absolute atomic E-state index is 0.0494. The van der Waals surface area contributed by atoms with E-state index in [1.807, 2.05) is 0 Å². The molecule has 0 fully saturated rings. The Morgan fingerprint density at radius 2 is 1.90 bits per heavy atom. The Balaban J connectivity index is 1.92. The van der Waals surface area contributed by atoms with Gasteiger partial charge in [0.15, 0.2) is 0 Å². The largest absolute Gasteiger partial charge is 0.416 e. The van der Waals surface area contributed by atoms with Crippen LogP contribution in [0.4, 0.5) is 17.6 Å². The minimum Gasteiger partial charge on any atom is -0.327 e. The van der Waals surface area contributed by atoms with Crippen molar-refractivity contribution in [2.45, 2.75) is 37.6 Å². The van der Waals surface area contributed by atoms with Crippen LogP contribution in [0.25, 0.3) is 11.0 Å². The molecule has 3 rings (SSSR count). The molecule has 1 heterocycles. The van der Waals surface area contributed by atoms with Crippen LogP contribution in [-0.4, -0.2) is 18.0 Å². The van der Waals surface area contributed by atoms with E-state index in [9.17, 15) is 26.0 Å². The number of alkyl halides is 3. The molecule has 1 aromatic heterocycles. The number of rotatable bonds is 6. The first-order valence-corrected chi connectivity index (χ1v) is 10.1. The van der Waals surface area contributed by atoms with E-state index < -0.39 is 27.6 Å². The molecule has 0 radical (unpaired) electrons. The molecule has 3 N–H and O–H groups in total. The van der Waals surface area contributed by atoms with Gasteiger partial charge in [-0.15, -0.1) is 0 Å². The van der Waals surface area contributed by atoms with Gasteiger partial charge >= 0.3 is 6.18 Å². The fourth-order valence-electron chi connectivity index (χ4n) is 2.95. The third-order valence-corrected chi connectivity index (χ3v) is 5.84. The lowest BCUT2D eigenvalue weighted by Crippen LogP contribution is -2.25. The highest BCUT2D eigenvalue weighted by molar-refractivity contribution is 7.89. The summed E-state index contributed by atoms with van der Waals surface area (Å²) in [5.74, 6) is -0.355. The third-order valence-electron chi connectivity index (χ3n) is 4.44. The predicted octanol–water partition coefficient (Wildman–Crippen LogP) is 3.15. The minimum atomic E-state index is -4.50. The molecule has 156 valence electrons. The number of hydrogen-bond acceptors (Lipinski definition) is 4. The molecule has 0 aliphatic carbocycles. The van der Waals surface area contributed by atoms with Crippen LogP contribution in [0.5, 0.6) is 0 Å². The average molecular weight is 430 g/mol. The highest BCUT2D eigenvalue weighted by Gasteiger charge is 2.31. The first-order valence-electron chi connectivity index (χ1n) is 8.61. The highest BCUT2D eigenvalue weighted by Crippen LogP contribution is 2.31. The van der Waals surface area contributed by atoms with Crippen molar-refractivity contribution in [2.24, 2.45) is 5.73 Å². The maximum absolute atomic E-state index is 13.6. The van der Waals surface area contributed by atoms with Crippen LogP contribution in [0.1, 0.15) is 23.9 Å². The number of benzene rings is 2. The Hall–Kier alpha value is -2.50. The molecular weight excluding hydrogens is 412 g/mol. The second-order valence-electron chi connectivity index (χ2n) is 6.26. The van der Waals surface area contributed by atoms with Crippen molar-refractivity contribution in [1.29, 1.82) is 0 Å². The maximum Gasteiger partial charge on any atom is 0.416 e. The smallest absolute Gasteiger partial charge is 0.327 e. The van der Waals surface area contributed by atoms with Crippen LogP contribution in [-0.2, 0) is 35.8 Å². The first kappa shape index (κ1) is 21.2. The van der Waals surface area contributed by atoms with E-state index in [1.54, 1.807) is 6.92 Å². The molecule has 0 spiro atoms. The Morgan fingerprint density at radius 1 is 1.17 bits per heavy atom. The van der Waals surface area contributed by atoms with E-state index in [2.05, 4.69) is 9.71 Å². The summed E-state index contributed by atoms with van der Waals surface area (Å²) in [6.07, 6.45) is -4.50. The summed E-state index contributed by atoms with van der Waals surface area (Å²) in [4.78, 5) is 4.07. The van der Waals surface area contributed by atoms with Gasteiger partial charge in [0, 0.05) is 18.7 Å². The Kier molecular flexibility index (Phi) is 5.65. The lowest BCUT2D eigenvalue weighted by atomic mass is 10.2. The second kappa shape index (κ2) is 7.73. The van der Waals surface area contributed by atoms with Crippen molar-refractivity contribution < 1.29 is 26.0 Å². The van der Waals surface area contributed by atoms with Crippen LogP contribution < -0.4 is 10.5 Å². The number of nitrogens with two attached hydrogens (primary N) is 1. The van der Waals surface area contributed by atoms with E-state index in [4.69, 9.17) is 5.73 Å². The first-order chi connectivity index (χ1) is 13.6. The average Bonchev–Trinajstić information content (AvgIpc) is 3.02. The van der Waals surface area contributed by atoms with Gasteiger partial charge in [-0.1, -0.05) is 0 Å². The van der Waals surface area contributed by atoms with Crippen molar-refractivity contribution in [3.05, 3.63) is 59.2 Å². The topological polar surface area (TPSA) is 90.0 Å². The van der Waals surface area contributed by atoms with E-state index in [0.717, 1.165) is 30.3 Å². The molecule has 0 aliphatic rings. The SMILES string of the molecule is CCn1c(CNS(=O)(=O)c2ccc(F)c(CN)c2)nc2ccc(C(F)(F)F)cc21. The predicted molar refractivity (Wildman–Crippen MR) is 98.7 cm³/mol. The molecule has 2 aromatic carbocycles. The number of hydrogen-bond donors (Lipinski definition) is 2. The summed E-state index contributed by atoms with van der Waals surface area (Å²) in [6.45, 7) is 1.60. The number of nitrogens with one attached hydrogen (secondary N) is 1. The Morgan fingerprint density at radius 3 is 2.52 bits per heavy atom. The fourth-order valence-corrected chi connectivity index (χ4v) is 3.98. The van der Waals surface area contributed by atoms with Gasteiger partial charge in [-0.3, -0.25) is 0 Å². The molecule has 0 aliphatic heterocycles. The standard InChI is InChI=1S/C18H18F4N4O2S/c1-2-26-16-8-12(18(20,21)22)3-6-15(16)25-17(26)10-24-29(27,28)13-4-5-14(19)11(7-13)9-23/h3-8,24H,2,9-10,23H2,1H3. The van der Waals surface area contributed by atoms with Crippen molar-refractivity contribution in [3.8, 4) is 0 Å². The van der Waals surface area contributed by atoms with Crippen molar-refractivity contribution in [1.82, 2.24) is 14.3 Å². The van der Waals surface area contributed by atoms with Crippen LogP contribution in [0.3, 0.4) is 0 Å². The van der Waals surface area contributed by atoms with Crippen LogP contribution >= 0.6 is 0 Å². The molecule has 0 atom stereocenters. The van der Waals surface area contributed by atoms with Gasteiger partial charge in [0.05, 0.1) is 28.0 Å². The summed E-state index contributed by atoms with van der Waals surface area (Å²) in [7, 11) is -4.01. The Bertz CT molecular complexity index is 1160. The number of aryl methyl sites for hydroxylation is 1. The zero-order chi connectivity index (χ0) is 21.4. The van der Waals surface area contributed by atoms with Crippen molar-refractivity contribution >= 4 is 21.1 Å². The number of sulfonamides is 1. The van der Waals surface area contributed by atoms with Gasteiger partial charge in [-0.2, -0.15) is 13.2 Å². The van der Waals surface area contributed by atoms with Crippen molar-refractivity contribution in [2.75, 3.05) is 0 Å². The summed E-state index contributed by atoms with van der Waals surface area (Å²) < 4.78 is 81.4. The van der Waals surface area contributed by atoms with Gasteiger partial charge in [-0.05, 0) is 43.3 Å². The summed E-state index contributed by atoms with van der Waals surface area (Å²) in [5.41, 5.74) is 5.21. The van der Waals surface area contributed by atoms with Gasteiger partial charge in [0.2, 0.25) is 10.0 Å². The molecular formula is C18H18F4N4O2S. The van der Waals surface area contributed by atoms with E-state index in [0.29, 0.717) is 12.1 Å². The lowest BCUT2D eigenvalue weighted by Gasteiger charge is -2.10. The molecule has 0 unspecified atom stereocenters. The highest BCUT2D eigenvalue weighted by atomic mass is 32.2. The van der Waals surface area contributed by atoms with Gasteiger partial charge in [0.1, 0.15) is 11.6 Å². The molecule has 0 saturated carbocycles. The zero-order valence-electron chi connectivity index (χ0n) is 15.3. The quantitative estimate of drug-likeness (QED) is 0.588. The monoisotopic (exact) mass is 430 g/mol. The van der Waals surface area contributed by atoms with Crippen LogP contribution in [0.2, 0.25) is 0 Å². The van der Waals surface area contributed by atoms with Gasteiger partial charge < -0.3 is 10.3 Å². The van der Waals surface area contributed by atoms with Crippen LogP contribution in [0, 0.1) is 5.82 Å². The van der Waals surface area contributed by atoms with Crippen molar-refractivity contribution in [3.63, 3.8) is 0 Å². The molecule has 11 heteroatoms. The Labute approximate surface area is 164 Å². The second-order valence-corrected chi connectivity index (χ2v) is 8.02. The lowest BCUT2D eigenvalue weighted by molar-refractivity contribution is -0.137. The number of halogens is 4. The number of nitrogens with zero attached hydrogens (tertiary/aromatic N) is 2. The van der Waals surface area contributed by atoms with E-state index in [-0.39, 0.29) is 34.9 Å². The summed E-state index contributed by atoms with van der Waals surface area (Å²) in [6, 6.07) is 6.41. The molecule has 0 bridgehead atoms. The van der Waals surface area contributed by atoms with Gasteiger partial charge in [0.25, 0.3) is 0 Å². The molecule has 6 nitrogen and oxygen atoms in total. The molecule has 29 heavy (non-hydrogen) atoms. The molecule has 0 saturated heterocycles. The van der Waals surface area contributed by atoms with E-state index >= 15 is 0 Å². The van der Waals surface area contributed by atoms with Gasteiger partial charge in [-0.25, -0.2) is 22.5 Å². The molecule has 3 aromatic rings. The maximum atomic E-state index is 13.6. The number of imidazole rings is 1. The number of fused-ring (bicyclic) bond motifs is 1. The van der Waals surface area contributed by atoms with Crippen LogP contribution in [0.15, 0.2) is 41.3 Å². The zero-order valence-corrected chi connectivity index (χ0v) is 16.1. The summed E-state index contributed by atoms with van der Waals surface area (Å²) >= 11 is 0.